The molecule has 0 aliphatic rings. The number of hydrogen-bond donors (Lipinski definition) is 1. The average Bonchev–Trinajstić information content (AvgIpc) is 2.01. The Balaban J connectivity index is 3.22. The predicted molar refractivity (Wildman–Crippen MR) is 52.3 cm³/mol. The smallest absolute Gasteiger partial charge is 0.0667 e. The summed E-state index contributed by atoms with van der Waals surface area (Å²) in [4.78, 5) is 0. The van der Waals surface area contributed by atoms with Crippen LogP contribution in [0.25, 0.3) is 0 Å². The molecular formula is C8H18BrNO. The van der Waals surface area contributed by atoms with Crippen LogP contribution in [0.15, 0.2) is 0 Å². The third-order valence-corrected chi connectivity index (χ3v) is 2.16. The van der Waals surface area contributed by atoms with Crippen molar-refractivity contribution in [3.63, 3.8) is 0 Å². The maximum atomic E-state index is 5.10. The minimum Gasteiger partial charge on any atom is -0.380 e. The molecule has 0 aliphatic heterocycles. The number of ether oxygens (including phenoxy) is 1. The normalized spacial score (nSPS) is 16.4. The molecule has 3 heteroatoms. The van der Waals surface area contributed by atoms with E-state index < -0.39 is 0 Å². The molecule has 2 atom stereocenters. The van der Waals surface area contributed by atoms with Gasteiger partial charge in [0.05, 0.1) is 6.10 Å². The minimum atomic E-state index is 0.313. The number of methoxy groups -OCH3 is 1. The second-order valence-corrected chi connectivity index (χ2v) is 3.63. The molecule has 11 heavy (non-hydrogen) atoms. The van der Waals surface area contributed by atoms with Gasteiger partial charge in [0.15, 0.2) is 0 Å². The van der Waals surface area contributed by atoms with E-state index in [0.717, 1.165) is 18.3 Å². The SMILES string of the molecule is COC(C)CNC(C)CCBr. The lowest BCUT2D eigenvalue weighted by Gasteiger charge is -2.15. The fourth-order valence-electron chi connectivity index (χ4n) is 0.716. The van der Waals surface area contributed by atoms with E-state index in [1.165, 1.54) is 0 Å². The summed E-state index contributed by atoms with van der Waals surface area (Å²) in [5.41, 5.74) is 0. The zero-order valence-electron chi connectivity index (χ0n) is 7.56. The lowest BCUT2D eigenvalue weighted by molar-refractivity contribution is 0.114. The summed E-state index contributed by atoms with van der Waals surface area (Å²) in [7, 11) is 1.74. The Labute approximate surface area is 77.8 Å². The highest BCUT2D eigenvalue weighted by Crippen LogP contribution is 1.95. The van der Waals surface area contributed by atoms with Crippen LogP contribution in [0.2, 0.25) is 0 Å². The van der Waals surface area contributed by atoms with Gasteiger partial charge in [0, 0.05) is 25.0 Å². The molecule has 0 bridgehead atoms. The van der Waals surface area contributed by atoms with E-state index in [0.29, 0.717) is 12.1 Å². The molecular weight excluding hydrogens is 206 g/mol. The van der Waals surface area contributed by atoms with Crippen molar-refractivity contribution in [2.24, 2.45) is 0 Å². The van der Waals surface area contributed by atoms with Crippen LogP contribution in [-0.4, -0.2) is 31.1 Å². The van der Waals surface area contributed by atoms with Crippen molar-refractivity contribution in [2.75, 3.05) is 19.0 Å². The minimum absolute atomic E-state index is 0.313. The zero-order chi connectivity index (χ0) is 8.69. The number of hydrogen-bond acceptors (Lipinski definition) is 2. The number of alkyl halides is 1. The molecule has 0 heterocycles. The first-order chi connectivity index (χ1) is 5.20. The van der Waals surface area contributed by atoms with Gasteiger partial charge in [0.25, 0.3) is 0 Å². The highest BCUT2D eigenvalue weighted by molar-refractivity contribution is 9.09. The first-order valence-electron chi connectivity index (χ1n) is 4.02. The summed E-state index contributed by atoms with van der Waals surface area (Å²) in [6.07, 6.45) is 1.48. The van der Waals surface area contributed by atoms with Gasteiger partial charge in [0.1, 0.15) is 0 Å². The summed E-state index contributed by atoms with van der Waals surface area (Å²) >= 11 is 3.40. The number of nitrogens with one attached hydrogen (secondary N) is 1. The molecule has 0 aliphatic carbocycles. The summed E-state index contributed by atoms with van der Waals surface area (Å²) in [5, 5.41) is 4.44. The maximum Gasteiger partial charge on any atom is 0.0667 e. The van der Waals surface area contributed by atoms with Crippen LogP contribution in [-0.2, 0) is 4.74 Å². The molecule has 2 unspecified atom stereocenters. The highest BCUT2D eigenvalue weighted by atomic mass is 79.9. The highest BCUT2D eigenvalue weighted by Gasteiger charge is 2.02. The van der Waals surface area contributed by atoms with Crippen LogP contribution in [0.3, 0.4) is 0 Å². The van der Waals surface area contributed by atoms with Crippen LogP contribution in [0.1, 0.15) is 20.3 Å². The maximum absolute atomic E-state index is 5.10. The van der Waals surface area contributed by atoms with Crippen LogP contribution in [0.4, 0.5) is 0 Å². The molecule has 0 fully saturated rings. The van der Waals surface area contributed by atoms with Gasteiger partial charge in [-0.25, -0.2) is 0 Å². The Morgan fingerprint density at radius 2 is 2.09 bits per heavy atom. The second-order valence-electron chi connectivity index (χ2n) is 2.83. The number of rotatable bonds is 6. The standard InChI is InChI=1S/C8H18BrNO/c1-7(4-5-9)10-6-8(2)11-3/h7-8,10H,4-6H2,1-3H3. The Kier molecular flexibility index (Phi) is 7.33. The molecule has 0 aromatic rings. The van der Waals surface area contributed by atoms with Gasteiger partial charge in [-0.2, -0.15) is 0 Å². The average molecular weight is 224 g/mol. The van der Waals surface area contributed by atoms with Gasteiger partial charge in [-0.3, -0.25) is 0 Å². The first kappa shape index (κ1) is 11.4. The largest absolute Gasteiger partial charge is 0.380 e. The quantitative estimate of drug-likeness (QED) is 0.694. The van der Waals surface area contributed by atoms with Crippen LogP contribution in [0, 0.1) is 0 Å². The van der Waals surface area contributed by atoms with Crippen LogP contribution < -0.4 is 5.32 Å². The van der Waals surface area contributed by atoms with Crippen molar-refractivity contribution in [1.29, 1.82) is 0 Å². The fraction of sp³-hybridized carbons (Fsp3) is 1.00. The van der Waals surface area contributed by atoms with Crippen LogP contribution in [0.5, 0.6) is 0 Å². The molecule has 0 spiro atoms. The van der Waals surface area contributed by atoms with Gasteiger partial charge in [-0.05, 0) is 20.3 Å². The Morgan fingerprint density at radius 1 is 1.45 bits per heavy atom. The third kappa shape index (κ3) is 6.78. The molecule has 0 radical (unpaired) electrons. The summed E-state index contributed by atoms with van der Waals surface area (Å²) in [6, 6.07) is 0.576. The monoisotopic (exact) mass is 223 g/mol. The molecule has 0 aromatic heterocycles. The Hall–Kier alpha value is 0.400. The van der Waals surface area contributed by atoms with E-state index in [4.69, 9.17) is 4.74 Å². The lowest BCUT2D eigenvalue weighted by Crippen LogP contribution is -2.33. The zero-order valence-corrected chi connectivity index (χ0v) is 9.15. The first-order valence-corrected chi connectivity index (χ1v) is 5.15. The Bertz CT molecular complexity index is 90.2. The molecule has 1 N–H and O–H groups in total. The molecule has 0 rings (SSSR count). The van der Waals surface area contributed by atoms with E-state index >= 15 is 0 Å². The molecule has 0 saturated carbocycles. The van der Waals surface area contributed by atoms with E-state index in [9.17, 15) is 0 Å². The second kappa shape index (κ2) is 7.07. The van der Waals surface area contributed by atoms with Crippen molar-refractivity contribution in [3.8, 4) is 0 Å². The summed E-state index contributed by atoms with van der Waals surface area (Å²) in [6.45, 7) is 5.18. The molecule has 0 amide bonds. The van der Waals surface area contributed by atoms with Crippen molar-refractivity contribution in [2.45, 2.75) is 32.4 Å². The molecule has 68 valence electrons. The molecule has 0 aromatic carbocycles. The summed E-state index contributed by atoms with van der Waals surface area (Å²) in [5.74, 6) is 0. The van der Waals surface area contributed by atoms with E-state index in [1.54, 1.807) is 7.11 Å². The van der Waals surface area contributed by atoms with Crippen molar-refractivity contribution < 1.29 is 4.74 Å². The number of halogens is 1. The van der Waals surface area contributed by atoms with Crippen LogP contribution >= 0.6 is 15.9 Å². The molecule has 0 saturated heterocycles. The third-order valence-electron chi connectivity index (χ3n) is 1.70. The van der Waals surface area contributed by atoms with Crippen molar-refractivity contribution >= 4 is 15.9 Å². The fourth-order valence-corrected chi connectivity index (χ4v) is 1.40. The van der Waals surface area contributed by atoms with Crippen molar-refractivity contribution in [1.82, 2.24) is 5.32 Å². The summed E-state index contributed by atoms with van der Waals surface area (Å²) < 4.78 is 5.10. The Morgan fingerprint density at radius 3 is 2.55 bits per heavy atom. The van der Waals surface area contributed by atoms with E-state index in [1.807, 2.05) is 0 Å². The van der Waals surface area contributed by atoms with Gasteiger partial charge in [-0.1, -0.05) is 15.9 Å². The van der Waals surface area contributed by atoms with Gasteiger partial charge in [-0.15, -0.1) is 0 Å². The van der Waals surface area contributed by atoms with Gasteiger partial charge >= 0.3 is 0 Å². The lowest BCUT2D eigenvalue weighted by atomic mass is 10.2. The van der Waals surface area contributed by atoms with E-state index in [-0.39, 0.29) is 0 Å². The van der Waals surface area contributed by atoms with E-state index in [2.05, 4.69) is 35.1 Å². The molecule has 2 nitrogen and oxygen atoms in total. The predicted octanol–water partition coefficient (Wildman–Crippen LogP) is 1.78. The van der Waals surface area contributed by atoms with Gasteiger partial charge in [0.2, 0.25) is 0 Å². The topological polar surface area (TPSA) is 21.3 Å². The van der Waals surface area contributed by atoms with Gasteiger partial charge < -0.3 is 10.1 Å². The van der Waals surface area contributed by atoms with Crippen molar-refractivity contribution in [3.05, 3.63) is 0 Å².